The lowest BCUT2D eigenvalue weighted by atomic mass is 10.1. The van der Waals surface area contributed by atoms with E-state index in [0.717, 1.165) is 37.5 Å². The molecule has 1 N–H and O–H groups in total. The van der Waals surface area contributed by atoms with E-state index in [1.165, 1.54) is 0 Å². The first kappa shape index (κ1) is 18.3. The highest BCUT2D eigenvalue weighted by Crippen LogP contribution is 2.34. The summed E-state index contributed by atoms with van der Waals surface area (Å²) in [5.41, 5.74) is 1.65. The van der Waals surface area contributed by atoms with Crippen LogP contribution in [0.4, 0.5) is 11.5 Å². The van der Waals surface area contributed by atoms with Gasteiger partial charge in [0.1, 0.15) is 23.2 Å². The molecule has 7 nitrogen and oxygen atoms in total. The number of nitrogens with zero attached hydrogens (tertiary/aromatic N) is 3. The summed E-state index contributed by atoms with van der Waals surface area (Å²) >= 11 is 0. The Hall–Kier alpha value is -3.09. The molecule has 2 aromatic heterocycles. The largest absolute Gasteiger partial charge is 0.494 e. The van der Waals surface area contributed by atoms with Crippen LogP contribution >= 0.6 is 0 Å². The standard InChI is InChI=1S/C21H24N4O3/c1-4-27-16-9-7-15(8-10-16)24-20(26)17-13(2)28-21-18(17)19(22-14(3)23-21)25-11-5-6-12-25/h7-10H,4-6,11-12H2,1-3H3,(H,24,26). The summed E-state index contributed by atoms with van der Waals surface area (Å²) in [7, 11) is 0. The summed E-state index contributed by atoms with van der Waals surface area (Å²) in [6.07, 6.45) is 2.24. The summed E-state index contributed by atoms with van der Waals surface area (Å²) in [5, 5.41) is 3.64. The second-order valence-corrected chi connectivity index (χ2v) is 6.91. The third kappa shape index (κ3) is 3.40. The third-order valence-electron chi connectivity index (χ3n) is 4.88. The zero-order valence-corrected chi connectivity index (χ0v) is 16.4. The maximum atomic E-state index is 13.1. The Kier molecular flexibility index (Phi) is 4.90. The molecule has 1 saturated heterocycles. The number of carbonyl (C=O) groups is 1. The molecule has 0 atom stereocenters. The normalized spacial score (nSPS) is 13.9. The number of hydrogen-bond donors (Lipinski definition) is 1. The molecule has 0 unspecified atom stereocenters. The van der Waals surface area contributed by atoms with Crippen LogP contribution in [0, 0.1) is 13.8 Å². The van der Waals surface area contributed by atoms with Crippen molar-refractivity contribution in [2.45, 2.75) is 33.6 Å². The van der Waals surface area contributed by atoms with Crippen molar-refractivity contribution >= 4 is 28.5 Å². The van der Waals surface area contributed by atoms with Crippen molar-refractivity contribution in [2.75, 3.05) is 29.9 Å². The number of amides is 1. The molecule has 1 fully saturated rings. The molecule has 1 aromatic carbocycles. The van der Waals surface area contributed by atoms with Crippen molar-refractivity contribution in [3.05, 3.63) is 41.4 Å². The van der Waals surface area contributed by atoms with E-state index in [1.807, 2.05) is 38.1 Å². The number of nitrogens with one attached hydrogen (secondary N) is 1. The number of aromatic nitrogens is 2. The first-order valence-corrected chi connectivity index (χ1v) is 9.63. The highest BCUT2D eigenvalue weighted by Gasteiger charge is 2.27. The van der Waals surface area contributed by atoms with Crippen molar-refractivity contribution in [2.24, 2.45) is 0 Å². The van der Waals surface area contributed by atoms with E-state index < -0.39 is 0 Å². The maximum absolute atomic E-state index is 13.1. The summed E-state index contributed by atoms with van der Waals surface area (Å²) in [5.74, 6) is 2.51. The molecule has 1 aliphatic rings. The summed E-state index contributed by atoms with van der Waals surface area (Å²) in [6, 6.07) is 7.31. The minimum absolute atomic E-state index is 0.228. The Bertz CT molecular complexity index is 1000. The fraction of sp³-hybridized carbons (Fsp3) is 0.381. The molecule has 0 spiro atoms. The number of furan rings is 1. The number of aryl methyl sites for hydroxylation is 2. The van der Waals surface area contributed by atoms with Gasteiger partial charge in [0.25, 0.3) is 5.91 Å². The van der Waals surface area contributed by atoms with E-state index >= 15 is 0 Å². The van der Waals surface area contributed by atoms with Gasteiger partial charge in [-0.3, -0.25) is 4.79 Å². The van der Waals surface area contributed by atoms with Crippen LogP contribution in [0.3, 0.4) is 0 Å². The summed E-state index contributed by atoms with van der Waals surface area (Å²) in [4.78, 5) is 24.4. The molecular formula is C21H24N4O3. The summed E-state index contributed by atoms with van der Waals surface area (Å²) in [6.45, 7) is 8.02. The van der Waals surface area contributed by atoms with Gasteiger partial charge < -0.3 is 19.4 Å². The SMILES string of the molecule is CCOc1ccc(NC(=O)c2c(C)oc3nc(C)nc(N4CCCC4)c23)cc1. The Morgan fingerprint density at radius 2 is 1.89 bits per heavy atom. The summed E-state index contributed by atoms with van der Waals surface area (Å²) < 4.78 is 11.3. The van der Waals surface area contributed by atoms with Crippen LogP contribution in [0.25, 0.3) is 11.1 Å². The van der Waals surface area contributed by atoms with Crippen molar-refractivity contribution in [1.29, 1.82) is 0 Å². The number of hydrogen-bond acceptors (Lipinski definition) is 6. The van der Waals surface area contributed by atoms with Crippen LogP contribution < -0.4 is 15.0 Å². The molecule has 28 heavy (non-hydrogen) atoms. The Morgan fingerprint density at radius 3 is 2.57 bits per heavy atom. The number of rotatable bonds is 5. The van der Waals surface area contributed by atoms with Crippen LogP contribution in [-0.2, 0) is 0 Å². The van der Waals surface area contributed by atoms with Gasteiger partial charge in [-0.05, 0) is 57.9 Å². The molecule has 3 heterocycles. The zero-order valence-electron chi connectivity index (χ0n) is 16.4. The molecule has 1 aliphatic heterocycles. The van der Waals surface area contributed by atoms with E-state index in [-0.39, 0.29) is 5.91 Å². The van der Waals surface area contributed by atoms with Crippen molar-refractivity contribution in [3.63, 3.8) is 0 Å². The van der Waals surface area contributed by atoms with Crippen LogP contribution in [0.5, 0.6) is 5.75 Å². The van der Waals surface area contributed by atoms with Crippen LogP contribution in [0.15, 0.2) is 28.7 Å². The fourth-order valence-electron chi connectivity index (χ4n) is 3.62. The van der Waals surface area contributed by atoms with Gasteiger partial charge in [-0.2, -0.15) is 4.98 Å². The molecule has 0 radical (unpaired) electrons. The second-order valence-electron chi connectivity index (χ2n) is 6.91. The predicted molar refractivity (Wildman–Crippen MR) is 108 cm³/mol. The average Bonchev–Trinajstić information content (AvgIpc) is 3.30. The fourth-order valence-corrected chi connectivity index (χ4v) is 3.62. The second kappa shape index (κ2) is 7.50. The lowest BCUT2D eigenvalue weighted by Gasteiger charge is -2.18. The number of fused-ring (bicyclic) bond motifs is 1. The predicted octanol–water partition coefficient (Wildman–Crippen LogP) is 4.09. The lowest BCUT2D eigenvalue weighted by Crippen LogP contribution is -2.21. The van der Waals surface area contributed by atoms with Crippen LogP contribution in [-0.4, -0.2) is 35.6 Å². The minimum Gasteiger partial charge on any atom is -0.494 e. The lowest BCUT2D eigenvalue weighted by molar-refractivity contribution is 0.102. The monoisotopic (exact) mass is 380 g/mol. The molecule has 4 rings (SSSR count). The molecule has 1 amide bonds. The van der Waals surface area contributed by atoms with Gasteiger partial charge >= 0.3 is 0 Å². The maximum Gasteiger partial charge on any atom is 0.260 e. The number of anilines is 2. The van der Waals surface area contributed by atoms with Gasteiger partial charge in [-0.1, -0.05) is 0 Å². The van der Waals surface area contributed by atoms with Crippen molar-refractivity contribution < 1.29 is 13.9 Å². The Balaban J connectivity index is 1.71. The van der Waals surface area contributed by atoms with Gasteiger partial charge in [0.05, 0.1) is 17.6 Å². The van der Waals surface area contributed by atoms with Crippen molar-refractivity contribution in [3.8, 4) is 5.75 Å². The van der Waals surface area contributed by atoms with Crippen LogP contribution in [0.1, 0.15) is 41.7 Å². The topological polar surface area (TPSA) is 80.5 Å². The third-order valence-corrected chi connectivity index (χ3v) is 4.88. The van der Waals surface area contributed by atoms with Crippen LogP contribution in [0.2, 0.25) is 0 Å². The molecule has 0 saturated carbocycles. The van der Waals surface area contributed by atoms with E-state index in [1.54, 1.807) is 6.92 Å². The smallest absolute Gasteiger partial charge is 0.260 e. The Morgan fingerprint density at radius 1 is 1.18 bits per heavy atom. The van der Waals surface area contributed by atoms with Crippen molar-refractivity contribution in [1.82, 2.24) is 9.97 Å². The average molecular weight is 380 g/mol. The number of ether oxygens (including phenoxy) is 1. The quantitative estimate of drug-likeness (QED) is 0.718. The molecule has 0 bridgehead atoms. The Labute approximate surface area is 163 Å². The molecule has 3 aromatic rings. The molecular weight excluding hydrogens is 356 g/mol. The minimum atomic E-state index is -0.228. The van der Waals surface area contributed by atoms with Gasteiger partial charge in [-0.15, -0.1) is 0 Å². The van der Waals surface area contributed by atoms with Gasteiger partial charge in [0.15, 0.2) is 0 Å². The van der Waals surface area contributed by atoms with Gasteiger partial charge in [0, 0.05) is 18.8 Å². The van der Waals surface area contributed by atoms with E-state index in [4.69, 9.17) is 9.15 Å². The number of benzene rings is 1. The molecule has 7 heteroatoms. The zero-order chi connectivity index (χ0) is 19.7. The molecule has 0 aliphatic carbocycles. The van der Waals surface area contributed by atoms with E-state index in [9.17, 15) is 4.79 Å². The first-order valence-electron chi connectivity index (χ1n) is 9.63. The first-order chi connectivity index (χ1) is 13.6. The van der Waals surface area contributed by atoms with E-state index in [2.05, 4.69) is 20.2 Å². The van der Waals surface area contributed by atoms with Gasteiger partial charge in [-0.25, -0.2) is 4.98 Å². The van der Waals surface area contributed by atoms with Gasteiger partial charge in [0.2, 0.25) is 5.71 Å². The number of carbonyl (C=O) groups excluding carboxylic acids is 1. The van der Waals surface area contributed by atoms with E-state index in [0.29, 0.717) is 40.5 Å². The molecule has 146 valence electrons. The highest BCUT2D eigenvalue weighted by atomic mass is 16.5. The highest BCUT2D eigenvalue weighted by molar-refractivity contribution is 6.15.